The highest BCUT2D eigenvalue weighted by molar-refractivity contribution is 7.92. The van der Waals surface area contributed by atoms with E-state index in [4.69, 9.17) is 11.6 Å². The van der Waals surface area contributed by atoms with Crippen LogP contribution in [-0.4, -0.2) is 50.0 Å². The number of carbonyl (C=O) groups is 2. The molecule has 0 bridgehead atoms. The molecule has 0 spiro atoms. The second-order valence-electron chi connectivity index (χ2n) is 11.5. The van der Waals surface area contributed by atoms with Crippen LogP contribution in [0.1, 0.15) is 54.4 Å². The van der Waals surface area contributed by atoms with Crippen molar-refractivity contribution < 1.29 is 31.2 Å². The van der Waals surface area contributed by atoms with Gasteiger partial charge in [-0.3, -0.25) is 13.9 Å². The van der Waals surface area contributed by atoms with Crippen LogP contribution in [0.15, 0.2) is 72.8 Å². The van der Waals surface area contributed by atoms with Crippen LogP contribution in [-0.2, 0) is 38.8 Å². The quantitative estimate of drug-likeness (QED) is 0.253. The van der Waals surface area contributed by atoms with E-state index in [1.165, 1.54) is 4.90 Å². The second-order valence-corrected chi connectivity index (χ2v) is 13.8. The SMILES string of the molecule is Cc1cccc(CN(C(=O)CN(c2cc(C(F)(F)F)ccc2Cl)S(C)(=O)=O)[C@H](Cc2ccccc2)C(=O)NC2CCCCC2)c1. The molecule has 3 aromatic rings. The zero-order valence-corrected chi connectivity index (χ0v) is 26.8. The molecule has 0 aromatic heterocycles. The average Bonchev–Trinajstić information content (AvgIpc) is 2.98. The van der Waals surface area contributed by atoms with E-state index in [9.17, 15) is 31.2 Å². The highest BCUT2D eigenvalue weighted by atomic mass is 35.5. The summed E-state index contributed by atoms with van der Waals surface area (Å²) in [6.07, 6.45) is 0.803. The van der Waals surface area contributed by atoms with Crippen molar-refractivity contribution >= 4 is 39.1 Å². The Morgan fingerprint density at radius 3 is 2.24 bits per heavy atom. The third-order valence-electron chi connectivity index (χ3n) is 7.88. The number of benzene rings is 3. The van der Waals surface area contributed by atoms with Gasteiger partial charge in [-0.2, -0.15) is 13.2 Å². The van der Waals surface area contributed by atoms with Gasteiger partial charge in [0.2, 0.25) is 21.8 Å². The highest BCUT2D eigenvalue weighted by Gasteiger charge is 2.36. The number of anilines is 1. The van der Waals surface area contributed by atoms with E-state index < -0.39 is 45.9 Å². The first-order valence-corrected chi connectivity index (χ1v) is 17.0. The Hall–Kier alpha value is -3.57. The molecule has 1 N–H and O–H groups in total. The van der Waals surface area contributed by atoms with Gasteiger partial charge in [0, 0.05) is 19.0 Å². The van der Waals surface area contributed by atoms with E-state index in [2.05, 4.69) is 5.32 Å². The minimum atomic E-state index is -4.78. The first-order chi connectivity index (χ1) is 21.2. The van der Waals surface area contributed by atoms with Gasteiger partial charge < -0.3 is 10.2 Å². The first kappa shape index (κ1) is 34.3. The molecular formula is C33H37ClF3N3O4S. The fourth-order valence-electron chi connectivity index (χ4n) is 5.58. The Morgan fingerprint density at radius 2 is 1.62 bits per heavy atom. The molecule has 0 unspecified atom stereocenters. The number of hydrogen-bond acceptors (Lipinski definition) is 4. The van der Waals surface area contributed by atoms with E-state index in [0.717, 1.165) is 61.6 Å². The van der Waals surface area contributed by atoms with Crippen LogP contribution >= 0.6 is 11.6 Å². The lowest BCUT2D eigenvalue weighted by Crippen LogP contribution is -2.55. The van der Waals surface area contributed by atoms with E-state index in [0.29, 0.717) is 15.9 Å². The van der Waals surface area contributed by atoms with Gasteiger partial charge in [0.25, 0.3) is 0 Å². The molecule has 0 aliphatic heterocycles. The molecular weight excluding hydrogens is 627 g/mol. The summed E-state index contributed by atoms with van der Waals surface area (Å²) in [5.41, 5.74) is 0.802. The zero-order valence-electron chi connectivity index (χ0n) is 25.2. The number of rotatable bonds is 11. The van der Waals surface area contributed by atoms with E-state index in [1.807, 2.05) is 55.5 Å². The largest absolute Gasteiger partial charge is 0.416 e. The summed E-state index contributed by atoms with van der Waals surface area (Å²) in [4.78, 5) is 29.6. The molecule has 1 aliphatic rings. The second kappa shape index (κ2) is 14.7. The fraction of sp³-hybridized carbons (Fsp3) is 0.394. The minimum absolute atomic E-state index is 0.0377. The molecule has 242 valence electrons. The smallest absolute Gasteiger partial charge is 0.352 e. The standard InChI is InChI=1S/C33H37ClF3N3O4S/c1-23-10-9-13-25(18-23)21-39(30(19-24-11-5-3-6-12-24)32(42)38-27-14-7-4-8-15-27)31(41)22-40(45(2,43)44)29-20-26(33(35,36)37)16-17-28(29)34/h3,5-6,9-13,16-18,20,27,30H,4,7-8,14-15,19,21-22H2,1-2H3,(H,38,42)/t30-/m1/s1. The summed E-state index contributed by atoms with van der Waals surface area (Å²) in [6, 6.07) is 17.7. The molecule has 1 fully saturated rings. The third kappa shape index (κ3) is 9.46. The van der Waals surface area contributed by atoms with Crippen molar-refractivity contribution in [2.24, 2.45) is 0 Å². The lowest BCUT2D eigenvalue weighted by molar-refractivity contribution is -0.140. The molecule has 2 amide bonds. The third-order valence-corrected chi connectivity index (χ3v) is 9.33. The van der Waals surface area contributed by atoms with Crippen LogP contribution < -0.4 is 9.62 Å². The highest BCUT2D eigenvalue weighted by Crippen LogP contribution is 2.36. The van der Waals surface area contributed by atoms with Gasteiger partial charge in [-0.25, -0.2) is 8.42 Å². The van der Waals surface area contributed by atoms with Gasteiger partial charge in [-0.1, -0.05) is 91.0 Å². The lowest BCUT2D eigenvalue weighted by atomic mass is 9.94. The van der Waals surface area contributed by atoms with Crippen molar-refractivity contribution in [1.82, 2.24) is 10.2 Å². The Kier molecular flexibility index (Phi) is 11.2. The molecule has 1 atom stereocenters. The number of sulfonamides is 1. The fourth-order valence-corrected chi connectivity index (χ4v) is 6.70. The monoisotopic (exact) mass is 663 g/mol. The van der Waals surface area contributed by atoms with E-state index in [-0.39, 0.29) is 29.9 Å². The van der Waals surface area contributed by atoms with E-state index in [1.54, 1.807) is 6.07 Å². The summed E-state index contributed by atoms with van der Waals surface area (Å²) in [7, 11) is -4.30. The summed E-state index contributed by atoms with van der Waals surface area (Å²) < 4.78 is 67.3. The minimum Gasteiger partial charge on any atom is -0.352 e. The summed E-state index contributed by atoms with van der Waals surface area (Å²) in [6.45, 7) is 0.978. The van der Waals surface area contributed by atoms with Gasteiger partial charge in [0.1, 0.15) is 12.6 Å². The predicted molar refractivity (Wildman–Crippen MR) is 169 cm³/mol. The van der Waals surface area contributed by atoms with Gasteiger partial charge in [0.15, 0.2) is 0 Å². The maximum absolute atomic E-state index is 14.3. The Balaban J connectivity index is 1.77. The number of carbonyl (C=O) groups excluding carboxylic acids is 2. The number of aryl methyl sites for hydroxylation is 1. The van der Waals surface area contributed by atoms with Crippen molar-refractivity contribution in [3.8, 4) is 0 Å². The Labute approximate surface area is 267 Å². The molecule has 0 saturated heterocycles. The molecule has 1 aliphatic carbocycles. The maximum atomic E-state index is 14.3. The van der Waals surface area contributed by atoms with Gasteiger partial charge in [-0.05, 0) is 49.1 Å². The van der Waals surface area contributed by atoms with Crippen LogP contribution in [0.25, 0.3) is 0 Å². The Bertz CT molecular complexity index is 1600. The lowest BCUT2D eigenvalue weighted by Gasteiger charge is -2.35. The molecule has 1 saturated carbocycles. The number of alkyl halides is 3. The van der Waals surface area contributed by atoms with Crippen LogP contribution in [0.5, 0.6) is 0 Å². The summed E-state index contributed by atoms with van der Waals surface area (Å²) >= 11 is 6.22. The number of nitrogens with zero attached hydrogens (tertiary/aromatic N) is 2. The van der Waals surface area contributed by atoms with Gasteiger partial charge >= 0.3 is 6.18 Å². The predicted octanol–water partition coefficient (Wildman–Crippen LogP) is 6.52. The van der Waals surface area contributed by atoms with Crippen molar-refractivity contribution in [1.29, 1.82) is 0 Å². The van der Waals surface area contributed by atoms with Crippen LogP contribution in [0.2, 0.25) is 5.02 Å². The van der Waals surface area contributed by atoms with Crippen molar-refractivity contribution in [3.63, 3.8) is 0 Å². The molecule has 0 radical (unpaired) electrons. The van der Waals surface area contributed by atoms with Crippen LogP contribution in [0.3, 0.4) is 0 Å². The molecule has 7 nitrogen and oxygen atoms in total. The van der Waals surface area contributed by atoms with E-state index >= 15 is 0 Å². The van der Waals surface area contributed by atoms with Crippen LogP contribution in [0.4, 0.5) is 18.9 Å². The summed E-state index contributed by atoms with van der Waals surface area (Å²) in [5.74, 6) is -1.15. The summed E-state index contributed by atoms with van der Waals surface area (Å²) in [5, 5.41) is 2.83. The normalized spacial score (nSPS) is 14.9. The number of hydrogen-bond donors (Lipinski definition) is 1. The zero-order chi connectivity index (χ0) is 32.8. The first-order valence-electron chi connectivity index (χ1n) is 14.8. The number of halogens is 4. The topological polar surface area (TPSA) is 86.8 Å². The maximum Gasteiger partial charge on any atom is 0.416 e. The van der Waals surface area contributed by atoms with Crippen molar-refractivity contribution in [2.45, 2.75) is 70.3 Å². The molecule has 12 heteroatoms. The molecule has 3 aromatic carbocycles. The van der Waals surface area contributed by atoms with Gasteiger partial charge in [-0.15, -0.1) is 0 Å². The Morgan fingerprint density at radius 1 is 0.956 bits per heavy atom. The molecule has 4 rings (SSSR count). The van der Waals surface area contributed by atoms with Crippen LogP contribution in [0, 0.1) is 6.92 Å². The molecule has 0 heterocycles. The number of amides is 2. The van der Waals surface area contributed by atoms with Gasteiger partial charge in [0.05, 0.1) is 22.5 Å². The van der Waals surface area contributed by atoms with Crippen molar-refractivity contribution in [2.75, 3.05) is 17.1 Å². The van der Waals surface area contributed by atoms with Crippen molar-refractivity contribution in [3.05, 3.63) is 100 Å². The molecule has 45 heavy (non-hydrogen) atoms. The average molecular weight is 664 g/mol. The number of nitrogens with one attached hydrogen (secondary N) is 1.